The number of nitrogen functional groups attached to an aromatic ring is 1. The molecular weight excluding hydrogens is 414 g/mol. The molecule has 2 N–H and O–H groups in total. The van der Waals surface area contributed by atoms with E-state index in [0.29, 0.717) is 5.82 Å². The minimum atomic E-state index is 0.675. The van der Waals surface area contributed by atoms with Crippen molar-refractivity contribution in [2.75, 3.05) is 5.73 Å². The molecule has 108 valence electrons. The van der Waals surface area contributed by atoms with Gasteiger partial charge in [0.05, 0.1) is 14.2 Å². The summed E-state index contributed by atoms with van der Waals surface area (Å²) in [6.45, 7) is 2.07. The number of hydrogen-bond acceptors (Lipinski definition) is 3. The van der Waals surface area contributed by atoms with Gasteiger partial charge >= 0.3 is 0 Å². The van der Waals surface area contributed by atoms with E-state index in [9.17, 15) is 0 Å². The Morgan fingerprint density at radius 2 is 1.86 bits per heavy atom. The highest BCUT2D eigenvalue weighted by Crippen LogP contribution is 2.43. The molecule has 0 bridgehead atoms. The van der Waals surface area contributed by atoms with Crippen LogP contribution < -0.4 is 5.73 Å². The van der Waals surface area contributed by atoms with Gasteiger partial charge in [-0.25, -0.2) is 0 Å². The number of hydrogen-bond donors (Lipinski definition) is 1. The van der Waals surface area contributed by atoms with Gasteiger partial charge in [0.1, 0.15) is 11.5 Å². The molecule has 21 heavy (non-hydrogen) atoms. The Morgan fingerprint density at radius 3 is 2.43 bits per heavy atom. The van der Waals surface area contributed by atoms with E-state index in [1.165, 1.54) is 5.56 Å². The molecule has 3 nitrogen and oxygen atoms in total. The van der Waals surface area contributed by atoms with Crippen LogP contribution in [0.3, 0.4) is 0 Å². The molecule has 0 unspecified atom stereocenters. The molecule has 0 amide bonds. The number of rotatable bonds is 2. The van der Waals surface area contributed by atoms with Crippen LogP contribution in [-0.2, 0) is 7.05 Å². The summed E-state index contributed by atoms with van der Waals surface area (Å²) >= 11 is 8.70. The molecule has 0 saturated carbocycles. The van der Waals surface area contributed by atoms with Crippen molar-refractivity contribution < 1.29 is 0 Å². The summed E-state index contributed by atoms with van der Waals surface area (Å²) in [5, 5.41) is 4.59. The van der Waals surface area contributed by atoms with E-state index in [1.807, 2.05) is 7.05 Å². The zero-order valence-electron chi connectivity index (χ0n) is 11.5. The highest BCUT2D eigenvalue weighted by molar-refractivity contribution is 9.13. The normalized spacial score (nSPS) is 11.0. The first-order chi connectivity index (χ1) is 9.97. The number of aromatic nitrogens is 2. The van der Waals surface area contributed by atoms with Gasteiger partial charge in [-0.15, -0.1) is 11.3 Å². The summed E-state index contributed by atoms with van der Waals surface area (Å²) in [6, 6.07) is 10.4. The first-order valence-corrected chi connectivity index (χ1v) is 8.72. The molecular formula is C15H13Br2N3S. The molecule has 0 aliphatic heterocycles. The third kappa shape index (κ3) is 2.67. The topological polar surface area (TPSA) is 43.8 Å². The van der Waals surface area contributed by atoms with E-state index >= 15 is 0 Å². The van der Waals surface area contributed by atoms with Crippen LogP contribution in [0.15, 0.2) is 38.6 Å². The van der Waals surface area contributed by atoms with Gasteiger partial charge in [-0.05, 0) is 50.4 Å². The van der Waals surface area contributed by atoms with E-state index in [0.717, 1.165) is 30.0 Å². The third-order valence-electron chi connectivity index (χ3n) is 3.31. The van der Waals surface area contributed by atoms with Crippen molar-refractivity contribution in [1.82, 2.24) is 9.78 Å². The first-order valence-electron chi connectivity index (χ1n) is 6.32. The third-order valence-corrected chi connectivity index (χ3v) is 6.57. The summed E-state index contributed by atoms with van der Waals surface area (Å²) in [7, 11) is 1.87. The molecule has 0 aliphatic rings. The van der Waals surface area contributed by atoms with Gasteiger partial charge in [0.25, 0.3) is 0 Å². The number of nitrogens with two attached hydrogens (primary N) is 1. The maximum Gasteiger partial charge on any atom is 0.129 e. The van der Waals surface area contributed by atoms with Gasteiger partial charge in [-0.1, -0.05) is 29.8 Å². The van der Waals surface area contributed by atoms with E-state index in [-0.39, 0.29) is 0 Å². The maximum atomic E-state index is 6.24. The quantitative estimate of drug-likeness (QED) is 0.609. The summed E-state index contributed by atoms with van der Waals surface area (Å²) in [4.78, 5) is 1.08. The minimum absolute atomic E-state index is 0.675. The van der Waals surface area contributed by atoms with Gasteiger partial charge in [0.15, 0.2) is 0 Å². The van der Waals surface area contributed by atoms with Crippen LogP contribution in [0.2, 0.25) is 0 Å². The van der Waals surface area contributed by atoms with E-state index < -0.39 is 0 Å². The van der Waals surface area contributed by atoms with Crippen molar-refractivity contribution >= 4 is 49.0 Å². The SMILES string of the molecule is Cc1ccc(-c2c(-c3cc(Br)c(Br)s3)nn(C)c2N)cc1. The lowest BCUT2D eigenvalue weighted by Gasteiger charge is -2.03. The largest absolute Gasteiger partial charge is 0.383 e. The average Bonchev–Trinajstić information content (AvgIpc) is 2.93. The van der Waals surface area contributed by atoms with E-state index in [1.54, 1.807) is 16.0 Å². The smallest absolute Gasteiger partial charge is 0.129 e. The van der Waals surface area contributed by atoms with Crippen LogP contribution in [-0.4, -0.2) is 9.78 Å². The summed E-state index contributed by atoms with van der Waals surface area (Å²) < 4.78 is 3.81. The second-order valence-electron chi connectivity index (χ2n) is 4.83. The van der Waals surface area contributed by atoms with Crippen LogP contribution in [0, 0.1) is 6.92 Å². The van der Waals surface area contributed by atoms with Crippen molar-refractivity contribution in [3.05, 3.63) is 44.2 Å². The monoisotopic (exact) mass is 425 g/mol. The average molecular weight is 427 g/mol. The van der Waals surface area contributed by atoms with Crippen molar-refractivity contribution in [3.63, 3.8) is 0 Å². The molecule has 6 heteroatoms. The van der Waals surface area contributed by atoms with Crippen molar-refractivity contribution in [1.29, 1.82) is 0 Å². The Bertz CT molecular complexity index is 784. The van der Waals surface area contributed by atoms with Gasteiger partial charge in [-0.2, -0.15) is 5.10 Å². The molecule has 0 radical (unpaired) electrons. The second-order valence-corrected chi connectivity index (χ2v) is 8.06. The Balaban J connectivity index is 2.22. The molecule has 0 saturated heterocycles. The lowest BCUT2D eigenvalue weighted by molar-refractivity contribution is 0.783. The zero-order chi connectivity index (χ0) is 15.1. The summed E-state index contributed by atoms with van der Waals surface area (Å²) in [5.41, 5.74) is 10.4. The molecule has 0 spiro atoms. The van der Waals surface area contributed by atoms with Gasteiger partial charge < -0.3 is 5.73 Å². The van der Waals surface area contributed by atoms with Crippen LogP contribution in [0.5, 0.6) is 0 Å². The number of thiophene rings is 1. The van der Waals surface area contributed by atoms with Gasteiger partial charge in [0.2, 0.25) is 0 Å². The van der Waals surface area contributed by atoms with Crippen molar-refractivity contribution in [2.24, 2.45) is 7.05 Å². The van der Waals surface area contributed by atoms with Crippen LogP contribution in [0.1, 0.15) is 5.56 Å². The molecule has 0 aliphatic carbocycles. The molecule has 0 fully saturated rings. The summed E-state index contributed by atoms with van der Waals surface area (Å²) in [6.07, 6.45) is 0. The highest BCUT2D eigenvalue weighted by Gasteiger charge is 2.19. The number of nitrogens with zero attached hydrogens (tertiary/aromatic N) is 2. The Kier molecular flexibility index (Phi) is 3.94. The Hall–Kier alpha value is -1.11. The lowest BCUT2D eigenvalue weighted by atomic mass is 10.0. The fourth-order valence-corrected chi connectivity index (χ4v) is 4.20. The first kappa shape index (κ1) is 14.8. The Labute approximate surface area is 144 Å². The van der Waals surface area contributed by atoms with Crippen LogP contribution >= 0.6 is 43.2 Å². The van der Waals surface area contributed by atoms with Gasteiger partial charge in [-0.3, -0.25) is 4.68 Å². The van der Waals surface area contributed by atoms with Crippen molar-refractivity contribution in [3.8, 4) is 21.7 Å². The predicted molar refractivity (Wildman–Crippen MR) is 96.5 cm³/mol. The molecule has 3 rings (SSSR count). The van der Waals surface area contributed by atoms with Crippen molar-refractivity contribution in [2.45, 2.75) is 6.92 Å². The van der Waals surface area contributed by atoms with E-state index in [4.69, 9.17) is 5.73 Å². The van der Waals surface area contributed by atoms with Crippen LogP contribution in [0.25, 0.3) is 21.7 Å². The second kappa shape index (κ2) is 5.59. The number of benzene rings is 1. The van der Waals surface area contributed by atoms with Crippen LogP contribution in [0.4, 0.5) is 5.82 Å². The molecule has 2 aromatic heterocycles. The predicted octanol–water partition coefficient (Wildman–Crippen LogP) is 5.23. The van der Waals surface area contributed by atoms with E-state index in [2.05, 4.69) is 74.2 Å². The lowest BCUT2D eigenvalue weighted by Crippen LogP contribution is -1.97. The Morgan fingerprint density at radius 1 is 1.19 bits per heavy atom. The number of anilines is 1. The number of halogens is 2. The van der Waals surface area contributed by atoms with Gasteiger partial charge in [0, 0.05) is 11.5 Å². The highest BCUT2D eigenvalue weighted by atomic mass is 79.9. The summed E-state index contributed by atoms with van der Waals surface area (Å²) in [5.74, 6) is 0.675. The zero-order valence-corrected chi connectivity index (χ0v) is 15.5. The number of aryl methyl sites for hydroxylation is 2. The molecule has 0 atom stereocenters. The fourth-order valence-electron chi connectivity index (χ4n) is 2.18. The molecule has 2 heterocycles. The molecule has 3 aromatic rings. The standard InChI is InChI=1S/C15H13Br2N3S/c1-8-3-5-9(6-4-8)12-13(19-20(2)15(12)18)11-7-10(16)14(17)21-11/h3-7H,18H2,1-2H3. The minimum Gasteiger partial charge on any atom is -0.383 e. The molecule has 1 aromatic carbocycles. The fraction of sp³-hybridized carbons (Fsp3) is 0.133. The maximum absolute atomic E-state index is 6.24.